The quantitative estimate of drug-likeness (QED) is 0.192. The highest BCUT2D eigenvalue weighted by atomic mass is 16.5. The van der Waals surface area contributed by atoms with Gasteiger partial charge in [-0.05, 0) is 64.6 Å². The van der Waals surface area contributed by atoms with Gasteiger partial charge in [-0.1, -0.05) is 115 Å². The van der Waals surface area contributed by atoms with E-state index in [2.05, 4.69) is 173 Å². The molecule has 0 atom stereocenters. The summed E-state index contributed by atoms with van der Waals surface area (Å²) in [6.45, 7) is -0.0527. The summed E-state index contributed by atoms with van der Waals surface area (Å²) < 4.78 is 9.23. The summed E-state index contributed by atoms with van der Waals surface area (Å²) in [7, 11) is 0. The molecule has 0 spiro atoms. The standard InChI is InChI=1S/C42H27BN2O/c1-3-13-28(14-4-1)29-23-24-34-35-26-31(44-37-20-10-7-17-32(37)33-18-8-11-21-38(33)44)27-41-42(35)43(36-19-9-12-22-40(36)46-41)45(39(34)25-29)30-15-5-2-6-16-30/h1-27H. The van der Waals surface area contributed by atoms with Crippen molar-refractivity contribution in [2.75, 3.05) is 4.81 Å². The van der Waals surface area contributed by atoms with Crippen LogP contribution in [-0.4, -0.2) is 11.4 Å². The molecule has 8 aromatic rings. The van der Waals surface area contributed by atoms with Crippen molar-refractivity contribution in [1.82, 2.24) is 4.57 Å². The predicted molar refractivity (Wildman–Crippen MR) is 192 cm³/mol. The second-order valence-corrected chi connectivity index (χ2v) is 12.1. The van der Waals surface area contributed by atoms with Crippen LogP contribution in [0.3, 0.4) is 0 Å². The SMILES string of the molecule is c1ccc(-c2ccc3c(c2)N(c2ccccc2)B2c4ccccc4Oc4cc(-n5c6ccccc6c6ccccc65)cc-3c42)cc1. The second kappa shape index (κ2) is 9.75. The third-order valence-corrected chi connectivity index (χ3v) is 9.62. The van der Waals surface area contributed by atoms with Crippen LogP contribution in [0, 0.1) is 0 Å². The van der Waals surface area contributed by atoms with Crippen LogP contribution in [-0.2, 0) is 0 Å². The van der Waals surface area contributed by atoms with Crippen LogP contribution in [0.2, 0.25) is 0 Å². The maximum Gasteiger partial charge on any atom is 0.336 e. The Bertz CT molecular complexity index is 2410. The molecule has 0 N–H and O–H groups in total. The van der Waals surface area contributed by atoms with Crippen LogP contribution in [0.4, 0.5) is 11.4 Å². The lowest BCUT2D eigenvalue weighted by Gasteiger charge is -2.42. The summed E-state index contributed by atoms with van der Waals surface area (Å²) in [5, 5.41) is 2.49. The molecule has 2 aliphatic heterocycles. The Labute approximate surface area is 267 Å². The molecule has 1 aromatic heterocycles. The van der Waals surface area contributed by atoms with E-state index >= 15 is 0 Å². The van der Waals surface area contributed by atoms with Crippen LogP contribution in [0.15, 0.2) is 164 Å². The van der Waals surface area contributed by atoms with Gasteiger partial charge in [0.2, 0.25) is 0 Å². The molecule has 0 saturated carbocycles. The van der Waals surface area contributed by atoms with E-state index in [0.717, 1.165) is 22.9 Å². The molecule has 214 valence electrons. The molecule has 4 heteroatoms. The van der Waals surface area contributed by atoms with Gasteiger partial charge >= 0.3 is 6.85 Å². The largest absolute Gasteiger partial charge is 0.458 e. The maximum absolute atomic E-state index is 6.84. The third kappa shape index (κ3) is 3.61. The van der Waals surface area contributed by atoms with E-state index in [4.69, 9.17) is 4.74 Å². The molecule has 0 unspecified atom stereocenters. The first-order valence-electron chi connectivity index (χ1n) is 15.8. The number of rotatable bonds is 3. The highest BCUT2D eigenvalue weighted by Crippen LogP contribution is 2.46. The van der Waals surface area contributed by atoms with Crippen LogP contribution in [0.1, 0.15) is 0 Å². The maximum atomic E-state index is 6.84. The van der Waals surface area contributed by atoms with Crippen molar-refractivity contribution >= 4 is 51.0 Å². The van der Waals surface area contributed by atoms with Crippen molar-refractivity contribution in [2.45, 2.75) is 0 Å². The van der Waals surface area contributed by atoms with Crippen LogP contribution in [0.25, 0.3) is 49.7 Å². The lowest BCUT2D eigenvalue weighted by atomic mass is 9.44. The highest BCUT2D eigenvalue weighted by molar-refractivity contribution is 6.92. The fraction of sp³-hybridized carbons (Fsp3) is 0. The van der Waals surface area contributed by atoms with E-state index in [1.165, 1.54) is 60.7 Å². The first kappa shape index (κ1) is 25.3. The number of hydrogen-bond acceptors (Lipinski definition) is 2. The summed E-state index contributed by atoms with van der Waals surface area (Å²) in [5.41, 5.74) is 13.0. The van der Waals surface area contributed by atoms with Crippen LogP contribution >= 0.6 is 0 Å². The second-order valence-electron chi connectivity index (χ2n) is 12.1. The van der Waals surface area contributed by atoms with Gasteiger partial charge < -0.3 is 14.1 Å². The molecule has 0 amide bonds. The number of fused-ring (bicyclic) bond motifs is 7. The molecule has 3 heterocycles. The molecule has 10 rings (SSSR count). The molecule has 0 saturated heterocycles. The summed E-state index contributed by atoms with van der Waals surface area (Å²) in [6, 6.07) is 58.9. The lowest BCUT2D eigenvalue weighted by Crippen LogP contribution is -2.59. The minimum atomic E-state index is -0.0527. The van der Waals surface area contributed by atoms with Gasteiger partial charge in [-0.3, -0.25) is 0 Å². The van der Waals surface area contributed by atoms with E-state index in [0.29, 0.717) is 0 Å². The average Bonchev–Trinajstić information content (AvgIpc) is 3.46. The Balaban J connectivity index is 1.31. The summed E-state index contributed by atoms with van der Waals surface area (Å²) >= 11 is 0. The van der Waals surface area contributed by atoms with E-state index in [-0.39, 0.29) is 6.85 Å². The van der Waals surface area contributed by atoms with Crippen molar-refractivity contribution in [3.63, 3.8) is 0 Å². The van der Waals surface area contributed by atoms with E-state index in [1.807, 2.05) is 0 Å². The topological polar surface area (TPSA) is 17.4 Å². The van der Waals surface area contributed by atoms with Gasteiger partial charge in [0.05, 0.1) is 16.7 Å². The van der Waals surface area contributed by atoms with Crippen LogP contribution in [0.5, 0.6) is 11.5 Å². The van der Waals surface area contributed by atoms with Gasteiger partial charge in [-0.15, -0.1) is 0 Å². The van der Waals surface area contributed by atoms with Crippen molar-refractivity contribution in [1.29, 1.82) is 0 Å². The summed E-state index contributed by atoms with van der Waals surface area (Å²) in [6.07, 6.45) is 0. The molecule has 46 heavy (non-hydrogen) atoms. The highest BCUT2D eigenvalue weighted by Gasteiger charge is 2.44. The van der Waals surface area contributed by atoms with Gasteiger partial charge in [0.25, 0.3) is 0 Å². The number of aromatic nitrogens is 1. The first-order chi connectivity index (χ1) is 22.8. The molecular weight excluding hydrogens is 559 g/mol. The van der Waals surface area contributed by atoms with Crippen molar-refractivity contribution < 1.29 is 4.74 Å². The van der Waals surface area contributed by atoms with E-state index < -0.39 is 0 Å². The van der Waals surface area contributed by atoms with Crippen molar-refractivity contribution in [3.8, 4) is 39.4 Å². The van der Waals surface area contributed by atoms with Gasteiger partial charge in [0, 0.05) is 39.2 Å². The molecule has 3 nitrogen and oxygen atoms in total. The normalized spacial score (nSPS) is 12.9. The predicted octanol–water partition coefficient (Wildman–Crippen LogP) is 9.48. The average molecular weight is 587 g/mol. The summed E-state index contributed by atoms with van der Waals surface area (Å²) in [4.78, 5) is 2.51. The number of benzene rings is 7. The minimum Gasteiger partial charge on any atom is -0.458 e. The summed E-state index contributed by atoms with van der Waals surface area (Å²) in [5.74, 6) is 1.80. The molecule has 2 aliphatic rings. The van der Waals surface area contributed by atoms with Gasteiger partial charge in [0.1, 0.15) is 11.5 Å². The van der Waals surface area contributed by atoms with Crippen LogP contribution < -0.4 is 20.5 Å². The Hall–Kier alpha value is -6.00. The Morgan fingerprint density at radius 3 is 1.87 bits per heavy atom. The fourth-order valence-corrected chi connectivity index (χ4v) is 7.66. The molecule has 0 radical (unpaired) electrons. The number of para-hydroxylation sites is 4. The first-order valence-corrected chi connectivity index (χ1v) is 15.8. The Morgan fingerprint density at radius 2 is 1.11 bits per heavy atom. The van der Waals surface area contributed by atoms with Gasteiger partial charge in [-0.25, -0.2) is 0 Å². The molecular formula is C42H27BN2O. The Morgan fingerprint density at radius 1 is 0.457 bits per heavy atom. The fourth-order valence-electron chi connectivity index (χ4n) is 7.66. The van der Waals surface area contributed by atoms with E-state index in [9.17, 15) is 0 Å². The molecule has 0 fully saturated rings. The molecule has 7 aromatic carbocycles. The molecule has 0 aliphatic carbocycles. The minimum absolute atomic E-state index is 0.0527. The lowest BCUT2D eigenvalue weighted by molar-refractivity contribution is 0.487. The monoisotopic (exact) mass is 586 g/mol. The third-order valence-electron chi connectivity index (χ3n) is 9.62. The zero-order valence-electron chi connectivity index (χ0n) is 25.0. The number of anilines is 2. The smallest absolute Gasteiger partial charge is 0.336 e. The van der Waals surface area contributed by atoms with Gasteiger partial charge in [0.15, 0.2) is 0 Å². The van der Waals surface area contributed by atoms with Gasteiger partial charge in [-0.2, -0.15) is 0 Å². The van der Waals surface area contributed by atoms with Crippen molar-refractivity contribution in [3.05, 3.63) is 164 Å². The Kier molecular flexibility index (Phi) is 5.37. The number of nitrogens with zero attached hydrogens (tertiary/aromatic N) is 2. The number of hydrogen-bond donors (Lipinski definition) is 0. The zero-order chi connectivity index (χ0) is 30.2. The molecule has 0 bridgehead atoms. The van der Waals surface area contributed by atoms with E-state index in [1.54, 1.807) is 0 Å². The van der Waals surface area contributed by atoms with Crippen molar-refractivity contribution in [2.24, 2.45) is 0 Å². The number of ether oxygens (including phenoxy) is 1. The zero-order valence-corrected chi connectivity index (χ0v) is 25.0.